The van der Waals surface area contributed by atoms with Gasteiger partial charge in [-0.2, -0.15) is 0 Å². The molecule has 0 aromatic rings. The first-order chi connectivity index (χ1) is 11.8. The first-order valence-corrected chi connectivity index (χ1v) is 9.12. The molecule has 0 spiro atoms. The zero-order chi connectivity index (χ0) is 18.8. The third kappa shape index (κ3) is 8.45. The van der Waals surface area contributed by atoms with Crippen molar-refractivity contribution < 1.29 is 34.8 Å². The Balaban J connectivity index is 2.25. The monoisotopic (exact) mass is 358 g/mol. The van der Waals surface area contributed by atoms with E-state index in [1.54, 1.807) is 0 Å². The van der Waals surface area contributed by atoms with Crippen LogP contribution in [0, 0.1) is 11.8 Å². The van der Waals surface area contributed by atoms with Gasteiger partial charge >= 0.3 is 11.9 Å². The largest absolute Gasteiger partial charge is 0.481 e. The van der Waals surface area contributed by atoms with Gasteiger partial charge in [-0.1, -0.05) is 12.8 Å². The van der Waals surface area contributed by atoms with Crippen LogP contribution in [0.5, 0.6) is 0 Å². The molecule has 1 aliphatic carbocycles. The molecule has 0 aliphatic heterocycles. The minimum Gasteiger partial charge on any atom is -0.481 e. The van der Waals surface area contributed by atoms with Gasteiger partial charge in [0, 0.05) is 25.7 Å². The molecule has 0 bridgehead atoms. The van der Waals surface area contributed by atoms with Gasteiger partial charge in [0.25, 0.3) is 0 Å². The molecule has 1 rings (SSSR count). The lowest BCUT2D eigenvalue weighted by atomic mass is 9.85. The van der Waals surface area contributed by atoms with Crippen LogP contribution in [-0.2, 0) is 14.4 Å². The summed E-state index contributed by atoms with van der Waals surface area (Å²) in [4.78, 5) is 33.1. The maximum atomic E-state index is 12.0. The molecular formula is C18H30O7. The summed E-state index contributed by atoms with van der Waals surface area (Å²) in [5.74, 6) is -2.12. The van der Waals surface area contributed by atoms with Gasteiger partial charge in [-0.3, -0.25) is 14.4 Å². The van der Waals surface area contributed by atoms with Crippen LogP contribution in [0.25, 0.3) is 0 Å². The van der Waals surface area contributed by atoms with Crippen molar-refractivity contribution in [1.82, 2.24) is 0 Å². The van der Waals surface area contributed by atoms with Crippen LogP contribution in [0.2, 0.25) is 0 Å². The van der Waals surface area contributed by atoms with Crippen molar-refractivity contribution in [2.45, 2.75) is 82.8 Å². The Labute approximate surface area is 148 Å². The average molecular weight is 358 g/mol. The third-order valence-corrected chi connectivity index (χ3v) is 5.07. The fourth-order valence-electron chi connectivity index (χ4n) is 3.68. The molecule has 0 amide bonds. The van der Waals surface area contributed by atoms with E-state index in [1.807, 2.05) is 0 Å². The lowest BCUT2D eigenvalue weighted by Crippen LogP contribution is -2.24. The Bertz CT molecular complexity index is 449. The number of aliphatic hydroxyl groups is 2. The molecule has 0 heterocycles. The molecular weight excluding hydrogens is 328 g/mol. The third-order valence-electron chi connectivity index (χ3n) is 5.07. The predicted octanol–water partition coefficient (Wildman–Crippen LogP) is 1.98. The summed E-state index contributed by atoms with van der Waals surface area (Å²) >= 11 is 0. The Hall–Kier alpha value is -1.47. The number of carbonyl (C=O) groups excluding carboxylic acids is 1. The van der Waals surface area contributed by atoms with E-state index in [-0.39, 0.29) is 36.9 Å². The van der Waals surface area contributed by atoms with Gasteiger partial charge in [-0.25, -0.2) is 0 Å². The molecule has 1 aliphatic rings. The number of hydrogen-bond acceptors (Lipinski definition) is 5. The van der Waals surface area contributed by atoms with E-state index in [9.17, 15) is 24.6 Å². The van der Waals surface area contributed by atoms with E-state index in [2.05, 4.69) is 0 Å². The smallest absolute Gasteiger partial charge is 0.303 e. The van der Waals surface area contributed by atoms with Crippen LogP contribution in [0.4, 0.5) is 0 Å². The predicted molar refractivity (Wildman–Crippen MR) is 90.1 cm³/mol. The van der Waals surface area contributed by atoms with Gasteiger partial charge in [-0.15, -0.1) is 0 Å². The molecule has 0 aromatic heterocycles. The molecule has 4 atom stereocenters. The lowest BCUT2D eigenvalue weighted by molar-refractivity contribution is -0.138. The van der Waals surface area contributed by atoms with Gasteiger partial charge in [0.15, 0.2) is 0 Å². The number of carboxylic acid groups (broad SMARTS) is 2. The van der Waals surface area contributed by atoms with E-state index in [4.69, 9.17) is 10.2 Å². The first-order valence-electron chi connectivity index (χ1n) is 9.12. The van der Waals surface area contributed by atoms with Gasteiger partial charge in [-0.05, 0) is 43.9 Å². The van der Waals surface area contributed by atoms with E-state index >= 15 is 0 Å². The van der Waals surface area contributed by atoms with Crippen molar-refractivity contribution in [3.63, 3.8) is 0 Å². The molecule has 0 radical (unpaired) electrons. The molecule has 1 fully saturated rings. The van der Waals surface area contributed by atoms with Crippen molar-refractivity contribution in [2.75, 3.05) is 0 Å². The van der Waals surface area contributed by atoms with Crippen LogP contribution in [0.15, 0.2) is 0 Å². The summed E-state index contributed by atoms with van der Waals surface area (Å²) in [6.45, 7) is 0. The van der Waals surface area contributed by atoms with E-state index in [0.29, 0.717) is 32.1 Å². The van der Waals surface area contributed by atoms with Crippen LogP contribution >= 0.6 is 0 Å². The van der Waals surface area contributed by atoms with E-state index in [1.165, 1.54) is 0 Å². The molecule has 25 heavy (non-hydrogen) atoms. The molecule has 4 N–H and O–H groups in total. The number of carbonyl (C=O) groups is 3. The molecule has 144 valence electrons. The standard InChI is InChI=1S/C18H30O7/c19-12(5-3-1-2-4-6-17(22)23)7-8-13-14(9-10-18(24)25)16(21)11-15(13)20/h13-16,20-21H,1-11H2,(H,22,23)(H,24,25)/t13-,14-,15-,16+/m1/s1. The van der Waals surface area contributed by atoms with Crippen molar-refractivity contribution in [3.8, 4) is 0 Å². The van der Waals surface area contributed by atoms with Crippen molar-refractivity contribution in [2.24, 2.45) is 11.8 Å². The lowest BCUT2D eigenvalue weighted by Gasteiger charge is -2.22. The van der Waals surface area contributed by atoms with Crippen LogP contribution in [-0.4, -0.2) is 50.4 Å². The SMILES string of the molecule is O=C(O)CCCCCCC(=O)CC[C@@H]1[C@@H](CCC(=O)O)[C@@H](O)C[C@H]1O. The number of rotatable bonds is 13. The fourth-order valence-corrected chi connectivity index (χ4v) is 3.68. The Morgan fingerprint density at radius 2 is 1.16 bits per heavy atom. The van der Waals surface area contributed by atoms with E-state index in [0.717, 1.165) is 19.3 Å². The van der Waals surface area contributed by atoms with Crippen molar-refractivity contribution in [3.05, 3.63) is 0 Å². The second kappa shape index (κ2) is 11.2. The summed E-state index contributed by atoms with van der Waals surface area (Å²) in [5.41, 5.74) is 0. The highest BCUT2D eigenvalue weighted by Gasteiger charge is 2.41. The molecule has 0 saturated heterocycles. The molecule has 0 unspecified atom stereocenters. The van der Waals surface area contributed by atoms with Gasteiger partial charge in [0.2, 0.25) is 0 Å². The zero-order valence-corrected chi connectivity index (χ0v) is 14.6. The van der Waals surface area contributed by atoms with Crippen molar-refractivity contribution in [1.29, 1.82) is 0 Å². The number of unbranched alkanes of at least 4 members (excludes halogenated alkanes) is 3. The number of aliphatic hydroxyl groups excluding tert-OH is 2. The Morgan fingerprint density at radius 3 is 1.68 bits per heavy atom. The average Bonchev–Trinajstić information content (AvgIpc) is 2.79. The summed E-state index contributed by atoms with van der Waals surface area (Å²) in [6.07, 6.45) is 3.51. The second-order valence-corrected chi connectivity index (χ2v) is 7.02. The minimum atomic E-state index is -0.925. The molecule has 7 nitrogen and oxygen atoms in total. The summed E-state index contributed by atoms with van der Waals surface area (Å²) < 4.78 is 0. The van der Waals surface area contributed by atoms with Crippen LogP contribution < -0.4 is 0 Å². The second-order valence-electron chi connectivity index (χ2n) is 7.02. The van der Waals surface area contributed by atoms with Gasteiger partial charge in [0.05, 0.1) is 12.2 Å². The zero-order valence-electron chi connectivity index (χ0n) is 14.6. The van der Waals surface area contributed by atoms with Crippen LogP contribution in [0.3, 0.4) is 0 Å². The van der Waals surface area contributed by atoms with E-state index < -0.39 is 24.1 Å². The number of hydrogen-bond donors (Lipinski definition) is 4. The topological polar surface area (TPSA) is 132 Å². The Kier molecular flexibility index (Phi) is 9.67. The summed E-state index contributed by atoms with van der Waals surface area (Å²) in [5, 5.41) is 37.4. The fraction of sp³-hybridized carbons (Fsp3) is 0.833. The van der Waals surface area contributed by atoms with Crippen molar-refractivity contribution >= 4 is 17.7 Å². The number of Topliss-reactive ketones (excluding diaryl/α,β-unsaturated/α-hetero) is 1. The van der Waals surface area contributed by atoms with Crippen LogP contribution in [0.1, 0.15) is 70.6 Å². The molecule has 7 heteroatoms. The first kappa shape index (κ1) is 21.6. The van der Waals surface area contributed by atoms with Gasteiger partial charge < -0.3 is 20.4 Å². The highest BCUT2D eigenvalue weighted by Crippen LogP contribution is 2.38. The van der Waals surface area contributed by atoms with Gasteiger partial charge in [0.1, 0.15) is 5.78 Å². The highest BCUT2D eigenvalue weighted by molar-refractivity contribution is 5.78. The number of aliphatic carboxylic acids is 2. The number of ketones is 1. The highest BCUT2D eigenvalue weighted by atomic mass is 16.4. The molecule has 1 saturated carbocycles. The normalized spacial score (nSPS) is 25.8. The maximum absolute atomic E-state index is 12.0. The molecule has 0 aromatic carbocycles. The Morgan fingerprint density at radius 1 is 0.680 bits per heavy atom. The summed E-state index contributed by atoms with van der Waals surface area (Å²) in [6, 6.07) is 0. The summed E-state index contributed by atoms with van der Waals surface area (Å²) in [7, 11) is 0. The quantitative estimate of drug-likeness (QED) is 0.370. The minimum absolute atomic E-state index is 0.0464. The maximum Gasteiger partial charge on any atom is 0.303 e. The number of carboxylic acids is 2.